The van der Waals surface area contributed by atoms with Crippen LogP contribution in [0.3, 0.4) is 0 Å². The number of esters is 3. The van der Waals surface area contributed by atoms with Gasteiger partial charge in [-0.15, -0.1) is 0 Å². The minimum Gasteiger partial charge on any atom is -0.462 e. The maximum Gasteiger partial charge on any atom is 0.306 e. The van der Waals surface area contributed by atoms with E-state index in [0.29, 0.717) is 19.3 Å². The second kappa shape index (κ2) is 57.0. The topological polar surface area (TPSA) is 78.9 Å². The molecule has 0 saturated carbocycles. The van der Waals surface area contributed by atoms with Crippen LogP contribution in [0.5, 0.6) is 0 Å². The Morgan fingerprint density at radius 2 is 0.529 bits per heavy atom. The molecule has 0 heterocycles. The summed E-state index contributed by atoms with van der Waals surface area (Å²) in [5.41, 5.74) is 0. The molecule has 0 aliphatic rings. The molecule has 0 aliphatic heterocycles. The fraction of sp³-hybridized carbons (Fsp3) is 0.823. The number of ether oxygens (including phenoxy) is 3. The number of rotatable bonds is 54. The zero-order chi connectivity index (χ0) is 49.3. The molecule has 0 aromatic carbocycles. The average Bonchev–Trinajstić information content (AvgIpc) is 3.34. The Labute approximate surface area is 422 Å². The summed E-state index contributed by atoms with van der Waals surface area (Å²) in [5.74, 6) is -0.888. The smallest absolute Gasteiger partial charge is 0.306 e. The molecular formula is C62H112O6. The first kappa shape index (κ1) is 65.4. The van der Waals surface area contributed by atoms with E-state index in [2.05, 4.69) is 69.4 Å². The molecular weight excluding hydrogens is 841 g/mol. The zero-order valence-electron chi connectivity index (χ0n) is 45.4. The van der Waals surface area contributed by atoms with Crippen molar-refractivity contribution in [3.8, 4) is 0 Å². The molecule has 0 radical (unpaired) electrons. The first-order chi connectivity index (χ1) is 33.5. The molecule has 396 valence electrons. The van der Waals surface area contributed by atoms with Crippen LogP contribution in [0.25, 0.3) is 0 Å². The summed E-state index contributed by atoms with van der Waals surface area (Å²) in [6.07, 6.45) is 69.5. The van der Waals surface area contributed by atoms with E-state index in [9.17, 15) is 14.4 Å². The second-order valence-corrected chi connectivity index (χ2v) is 19.9. The predicted octanol–water partition coefficient (Wildman–Crippen LogP) is 19.8. The first-order valence-corrected chi connectivity index (χ1v) is 29.6. The van der Waals surface area contributed by atoms with Crippen LogP contribution in [0.4, 0.5) is 0 Å². The molecule has 6 nitrogen and oxygen atoms in total. The Kier molecular flexibility index (Phi) is 54.8. The van der Waals surface area contributed by atoms with Gasteiger partial charge in [0.15, 0.2) is 6.10 Å². The molecule has 0 unspecified atom stereocenters. The van der Waals surface area contributed by atoms with E-state index >= 15 is 0 Å². The van der Waals surface area contributed by atoms with Crippen molar-refractivity contribution in [3.63, 3.8) is 0 Å². The predicted molar refractivity (Wildman–Crippen MR) is 293 cm³/mol. The number of carbonyl (C=O) groups is 3. The van der Waals surface area contributed by atoms with Crippen LogP contribution in [-0.4, -0.2) is 37.2 Å². The van der Waals surface area contributed by atoms with Crippen LogP contribution in [0.2, 0.25) is 0 Å². The number of carbonyl (C=O) groups excluding carboxylic acids is 3. The highest BCUT2D eigenvalue weighted by atomic mass is 16.6. The van der Waals surface area contributed by atoms with Gasteiger partial charge in [0.2, 0.25) is 0 Å². The van der Waals surface area contributed by atoms with Gasteiger partial charge < -0.3 is 14.2 Å². The fourth-order valence-corrected chi connectivity index (χ4v) is 8.56. The van der Waals surface area contributed by atoms with Gasteiger partial charge in [-0.25, -0.2) is 0 Å². The van der Waals surface area contributed by atoms with Gasteiger partial charge in [-0.05, 0) is 83.5 Å². The van der Waals surface area contributed by atoms with E-state index < -0.39 is 6.10 Å². The largest absolute Gasteiger partial charge is 0.462 e. The Hall–Kier alpha value is -2.63. The van der Waals surface area contributed by atoms with Crippen molar-refractivity contribution in [1.29, 1.82) is 0 Å². The molecule has 0 N–H and O–H groups in total. The van der Waals surface area contributed by atoms with Gasteiger partial charge in [0.05, 0.1) is 0 Å². The van der Waals surface area contributed by atoms with Crippen molar-refractivity contribution in [2.75, 3.05) is 13.2 Å². The molecule has 0 aliphatic carbocycles. The summed E-state index contributed by atoms with van der Waals surface area (Å²) in [4.78, 5) is 38.2. The summed E-state index contributed by atoms with van der Waals surface area (Å²) in [6.45, 7) is 6.63. The molecule has 0 spiro atoms. The lowest BCUT2D eigenvalue weighted by Crippen LogP contribution is -2.30. The van der Waals surface area contributed by atoms with Gasteiger partial charge >= 0.3 is 17.9 Å². The van der Waals surface area contributed by atoms with E-state index in [1.807, 2.05) is 0 Å². The Morgan fingerprint density at radius 3 is 0.868 bits per heavy atom. The third kappa shape index (κ3) is 54.3. The van der Waals surface area contributed by atoms with Gasteiger partial charge in [0.25, 0.3) is 0 Å². The van der Waals surface area contributed by atoms with Crippen molar-refractivity contribution in [3.05, 3.63) is 48.6 Å². The molecule has 0 aromatic heterocycles. The lowest BCUT2D eigenvalue weighted by Gasteiger charge is -2.18. The highest BCUT2D eigenvalue weighted by molar-refractivity contribution is 5.71. The number of allylic oxidation sites excluding steroid dienone is 8. The highest BCUT2D eigenvalue weighted by Gasteiger charge is 2.19. The average molecular weight is 954 g/mol. The normalized spacial score (nSPS) is 12.3. The number of hydrogen-bond acceptors (Lipinski definition) is 6. The highest BCUT2D eigenvalue weighted by Crippen LogP contribution is 2.16. The van der Waals surface area contributed by atoms with Crippen LogP contribution in [0, 0.1) is 0 Å². The van der Waals surface area contributed by atoms with Crippen molar-refractivity contribution >= 4 is 17.9 Å². The molecule has 0 aromatic rings. The monoisotopic (exact) mass is 953 g/mol. The molecule has 0 fully saturated rings. The molecule has 6 heteroatoms. The lowest BCUT2D eigenvalue weighted by molar-refractivity contribution is -0.167. The summed E-state index contributed by atoms with van der Waals surface area (Å²) in [7, 11) is 0. The van der Waals surface area contributed by atoms with Gasteiger partial charge in [-0.2, -0.15) is 0 Å². The lowest BCUT2D eigenvalue weighted by atomic mass is 10.0. The van der Waals surface area contributed by atoms with Crippen molar-refractivity contribution in [2.45, 2.75) is 316 Å². The summed E-state index contributed by atoms with van der Waals surface area (Å²) >= 11 is 0. The molecule has 0 rings (SSSR count). The van der Waals surface area contributed by atoms with Crippen molar-refractivity contribution in [2.24, 2.45) is 0 Å². The minimum absolute atomic E-state index is 0.0797. The van der Waals surface area contributed by atoms with Crippen LogP contribution in [0.1, 0.15) is 310 Å². The number of unbranched alkanes of at least 4 members (excludes halogenated alkanes) is 35. The quantitative estimate of drug-likeness (QED) is 0.0262. The third-order valence-corrected chi connectivity index (χ3v) is 13.1. The summed E-state index contributed by atoms with van der Waals surface area (Å²) in [5, 5.41) is 0. The third-order valence-electron chi connectivity index (χ3n) is 13.1. The second-order valence-electron chi connectivity index (χ2n) is 19.9. The minimum atomic E-state index is -0.783. The van der Waals surface area contributed by atoms with Gasteiger partial charge in [-0.1, -0.05) is 256 Å². The molecule has 0 amide bonds. The molecule has 0 saturated heterocycles. The van der Waals surface area contributed by atoms with E-state index in [1.54, 1.807) is 0 Å². The standard InChI is InChI=1S/C62H112O6/c1-4-7-10-13-16-19-22-25-28-30-31-33-34-37-40-43-46-49-52-55-61(64)67-58-59(57-66-60(63)54-51-48-45-42-39-36-27-24-21-18-15-12-9-6-3)68-62(65)56-53-50-47-44-41-38-35-32-29-26-23-20-17-14-11-8-5-2/h17,20,25-26,28-29,35,38,59H,4-16,18-19,21-24,27,30-34,36-37,39-58H2,1-3H3/b20-17+,28-25+,29-26+,38-35+/t59-/m1/s1. The van der Waals surface area contributed by atoms with Crippen LogP contribution >= 0.6 is 0 Å². The van der Waals surface area contributed by atoms with Gasteiger partial charge in [0, 0.05) is 19.3 Å². The SMILES string of the molecule is CCCCC/C=C/C/C=C/C/C=C/CCCCCCC(=O)O[C@@H](COC(=O)CCCCCCCCCCC/C=C/CCCCCCCC)COC(=O)CCCCCCCCCCCCCCCC. The van der Waals surface area contributed by atoms with E-state index in [-0.39, 0.29) is 31.1 Å². The van der Waals surface area contributed by atoms with E-state index in [0.717, 1.165) is 83.5 Å². The maximum absolute atomic E-state index is 12.9. The van der Waals surface area contributed by atoms with Crippen LogP contribution in [0.15, 0.2) is 48.6 Å². The summed E-state index contributed by atoms with van der Waals surface area (Å²) < 4.78 is 16.9. The first-order valence-electron chi connectivity index (χ1n) is 29.6. The Morgan fingerprint density at radius 1 is 0.294 bits per heavy atom. The van der Waals surface area contributed by atoms with Crippen molar-refractivity contribution < 1.29 is 28.6 Å². The molecule has 1 atom stereocenters. The molecule has 68 heavy (non-hydrogen) atoms. The number of hydrogen-bond donors (Lipinski definition) is 0. The van der Waals surface area contributed by atoms with E-state index in [1.165, 1.54) is 186 Å². The van der Waals surface area contributed by atoms with Gasteiger partial charge in [-0.3, -0.25) is 14.4 Å². The van der Waals surface area contributed by atoms with Crippen LogP contribution < -0.4 is 0 Å². The summed E-state index contributed by atoms with van der Waals surface area (Å²) in [6, 6.07) is 0. The maximum atomic E-state index is 12.9. The zero-order valence-corrected chi connectivity index (χ0v) is 45.4. The van der Waals surface area contributed by atoms with Gasteiger partial charge in [0.1, 0.15) is 13.2 Å². The van der Waals surface area contributed by atoms with E-state index in [4.69, 9.17) is 14.2 Å². The Bertz CT molecular complexity index is 1190. The Balaban J connectivity index is 4.38. The molecule has 0 bridgehead atoms. The van der Waals surface area contributed by atoms with Crippen molar-refractivity contribution in [1.82, 2.24) is 0 Å². The van der Waals surface area contributed by atoms with Crippen LogP contribution in [-0.2, 0) is 28.6 Å². The fourth-order valence-electron chi connectivity index (χ4n) is 8.56.